The van der Waals surface area contributed by atoms with Gasteiger partial charge in [0, 0.05) is 12.1 Å². The van der Waals surface area contributed by atoms with E-state index in [1.54, 1.807) is 0 Å². The van der Waals surface area contributed by atoms with Crippen LogP contribution in [-0.2, 0) is 6.54 Å². The molecule has 3 N–H and O–H groups in total. The van der Waals surface area contributed by atoms with Gasteiger partial charge in [0.15, 0.2) is 0 Å². The molecule has 0 aliphatic carbocycles. The number of hydrogen-bond donors (Lipinski definition) is 2. The van der Waals surface area contributed by atoms with Crippen molar-refractivity contribution in [2.45, 2.75) is 20.4 Å². The highest BCUT2D eigenvalue weighted by Crippen LogP contribution is 2.24. The van der Waals surface area contributed by atoms with Crippen LogP contribution in [-0.4, -0.2) is 0 Å². The van der Waals surface area contributed by atoms with Crippen LogP contribution in [0.1, 0.15) is 16.7 Å². The van der Waals surface area contributed by atoms with E-state index in [2.05, 4.69) is 5.32 Å². The Morgan fingerprint density at radius 2 is 1.74 bits per heavy atom. The van der Waals surface area contributed by atoms with Crippen LogP contribution in [0.25, 0.3) is 0 Å². The predicted octanol–water partition coefficient (Wildman–Crippen LogP) is 3.78. The summed E-state index contributed by atoms with van der Waals surface area (Å²) in [5, 5.41) is 3.03. The normalized spacial score (nSPS) is 10.5. The Morgan fingerprint density at radius 3 is 2.47 bits per heavy atom. The zero-order valence-corrected chi connectivity index (χ0v) is 10.9. The van der Waals surface area contributed by atoms with Gasteiger partial charge >= 0.3 is 0 Å². The second kappa shape index (κ2) is 5.26. The van der Waals surface area contributed by atoms with Gasteiger partial charge in [0.2, 0.25) is 0 Å². The minimum atomic E-state index is -0.453. The largest absolute Gasteiger partial charge is 0.397 e. The number of benzene rings is 2. The molecule has 19 heavy (non-hydrogen) atoms. The number of hydrogen-bond acceptors (Lipinski definition) is 2. The third-order valence-corrected chi connectivity index (χ3v) is 3.14. The molecule has 0 radical (unpaired) electrons. The van der Waals surface area contributed by atoms with Crippen LogP contribution in [0, 0.1) is 25.5 Å². The molecule has 0 atom stereocenters. The van der Waals surface area contributed by atoms with E-state index in [1.807, 2.05) is 26.0 Å². The maximum absolute atomic E-state index is 13.5. The lowest BCUT2D eigenvalue weighted by atomic mass is 10.1. The highest BCUT2D eigenvalue weighted by Gasteiger charge is 2.06. The fourth-order valence-electron chi connectivity index (χ4n) is 1.86. The maximum atomic E-state index is 13.5. The van der Waals surface area contributed by atoms with Crippen LogP contribution in [0.5, 0.6) is 0 Å². The van der Waals surface area contributed by atoms with Crippen LogP contribution in [0.4, 0.5) is 20.2 Å². The lowest BCUT2D eigenvalue weighted by Gasteiger charge is -2.12. The lowest BCUT2D eigenvalue weighted by molar-refractivity contribution is 0.587. The molecule has 0 heterocycles. The molecule has 0 fully saturated rings. The minimum absolute atomic E-state index is 0.191. The van der Waals surface area contributed by atoms with Gasteiger partial charge in [-0.3, -0.25) is 0 Å². The van der Waals surface area contributed by atoms with E-state index < -0.39 is 11.6 Å². The second-order valence-electron chi connectivity index (χ2n) is 4.61. The molecule has 2 aromatic rings. The summed E-state index contributed by atoms with van der Waals surface area (Å²) in [7, 11) is 0. The summed E-state index contributed by atoms with van der Waals surface area (Å²) in [5.41, 5.74) is 9.68. The van der Waals surface area contributed by atoms with Gasteiger partial charge in [0.05, 0.1) is 11.4 Å². The van der Waals surface area contributed by atoms with Crippen molar-refractivity contribution in [3.8, 4) is 0 Å². The van der Waals surface area contributed by atoms with E-state index in [-0.39, 0.29) is 12.1 Å². The van der Waals surface area contributed by atoms with Crippen LogP contribution < -0.4 is 11.1 Å². The van der Waals surface area contributed by atoms with Gasteiger partial charge in [-0.2, -0.15) is 0 Å². The molecule has 0 saturated heterocycles. The highest BCUT2D eigenvalue weighted by molar-refractivity contribution is 5.68. The van der Waals surface area contributed by atoms with Gasteiger partial charge < -0.3 is 11.1 Å². The van der Waals surface area contributed by atoms with Crippen LogP contribution >= 0.6 is 0 Å². The molecule has 2 aromatic carbocycles. The van der Waals surface area contributed by atoms with Crippen molar-refractivity contribution in [2.75, 3.05) is 11.1 Å². The van der Waals surface area contributed by atoms with Crippen molar-refractivity contribution in [3.05, 3.63) is 58.7 Å². The highest BCUT2D eigenvalue weighted by atomic mass is 19.1. The number of nitrogens with two attached hydrogens (primary N) is 1. The molecule has 0 bridgehead atoms. The minimum Gasteiger partial charge on any atom is -0.397 e. The van der Waals surface area contributed by atoms with Gasteiger partial charge in [-0.25, -0.2) is 8.78 Å². The van der Waals surface area contributed by atoms with Gasteiger partial charge in [-0.05, 0) is 55.3 Å². The van der Waals surface area contributed by atoms with Gasteiger partial charge in [-0.1, -0.05) is 0 Å². The van der Waals surface area contributed by atoms with Gasteiger partial charge in [0.25, 0.3) is 0 Å². The standard InChI is InChI=1S/C15H16F2N2/c1-9-5-14(18)15(6-10(9)2)19-8-11-7-12(16)3-4-13(11)17/h3-7,19H,8,18H2,1-2H3. The van der Waals surface area contributed by atoms with Crippen molar-refractivity contribution in [3.63, 3.8) is 0 Å². The number of aryl methyl sites for hydroxylation is 2. The van der Waals surface area contributed by atoms with Crippen LogP contribution in [0.15, 0.2) is 30.3 Å². The molecule has 0 spiro atoms. The zero-order chi connectivity index (χ0) is 14.0. The van der Waals surface area contributed by atoms with Crippen molar-refractivity contribution in [1.82, 2.24) is 0 Å². The average molecular weight is 262 g/mol. The van der Waals surface area contributed by atoms with E-state index in [4.69, 9.17) is 5.73 Å². The van der Waals surface area contributed by atoms with Gasteiger partial charge in [0.1, 0.15) is 11.6 Å². The second-order valence-corrected chi connectivity index (χ2v) is 4.61. The first-order chi connectivity index (χ1) is 8.97. The first-order valence-electron chi connectivity index (χ1n) is 6.02. The van der Waals surface area contributed by atoms with Crippen molar-refractivity contribution in [2.24, 2.45) is 0 Å². The Balaban J connectivity index is 2.19. The first-order valence-corrected chi connectivity index (χ1v) is 6.02. The zero-order valence-electron chi connectivity index (χ0n) is 10.9. The van der Waals surface area contributed by atoms with E-state index in [9.17, 15) is 8.78 Å². The fraction of sp³-hybridized carbons (Fsp3) is 0.200. The quantitative estimate of drug-likeness (QED) is 0.826. The molecule has 0 saturated carbocycles. The average Bonchev–Trinajstić information content (AvgIpc) is 2.36. The summed E-state index contributed by atoms with van der Waals surface area (Å²) < 4.78 is 26.5. The summed E-state index contributed by atoms with van der Waals surface area (Å²) in [5.74, 6) is -0.887. The predicted molar refractivity (Wildman–Crippen MR) is 74.0 cm³/mol. The Hall–Kier alpha value is -2.10. The fourth-order valence-corrected chi connectivity index (χ4v) is 1.86. The lowest BCUT2D eigenvalue weighted by Crippen LogP contribution is -2.05. The Bertz CT molecular complexity index is 609. The SMILES string of the molecule is Cc1cc(N)c(NCc2cc(F)ccc2F)cc1C. The molecule has 2 nitrogen and oxygen atoms in total. The summed E-state index contributed by atoms with van der Waals surface area (Å²) in [6.07, 6.45) is 0. The van der Waals surface area contributed by atoms with Crippen molar-refractivity contribution >= 4 is 11.4 Å². The molecule has 2 rings (SSSR count). The molecular formula is C15H16F2N2. The smallest absolute Gasteiger partial charge is 0.128 e. The topological polar surface area (TPSA) is 38.0 Å². The van der Waals surface area contributed by atoms with E-state index in [0.29, 0.717) is 5.69 Å². The van der Waals surface area contributed by atoms with Crippen LogP contribution in [0.3, 0.4) is 0 Å². The molecular weight excluding hydrogens is 246 g/mol. The first kappa shape index (κ1) is 13.3. The monoisotopic (exact) mass is 262 g/mol. The molecule has 0 amide bonds. The molecule has 100 valence electrons. The molecule has 0 aliphatic rings. The third kappa shape index (κ3) is 3.02. The number of nitrogen functional groups attached to an aromatic ring is 1. The molecule has 0 aromatic heterocycles. The summed E-state index contributed by atoms with van der Waals surface area (Å²) >= 11 is 0. The molecule has 0 aliphatic heterocycles. The Labute approximate surface area is 111 Å². The van der Waals surface area contributed by atoms with Crippen molar-refractivity contribution < 1.29 is 8.78 Å². The van der Waals surface area contributed by atoms with E-state index in [1.165, 1.54) is 6.07 Å². The third-order valence-electron chi connectivity index (χ3n) is 3.14. The van der Waals surface area contributed by atoms with Crippen molar-refractivity contribution in [1.29, 1.82) is 0 Å². The summed E-state index contributed by atoms with van der Waals surface area (Å²) in [6.45, 7) is 4.14. The Kier molecular flexibility index (Phi) is 3.69. The molecule has 4 heteroatoms. The van der Waals surface area contributed by atoms with Crippen LogP contribution in [0.2, 0.25) is 0 Å². The number of rotatable bonds is 3. The van der Waals surface area contributed by atoms with Gasteiger partial charge in [-0.15, -0.1) is 0 Å². The number of nitrogens with one attached hydrogen (secondary N) is 1. The van der Waals surface area contributed by atoms with E-state index in [0.717, 1.165) is 28.9 Å². The van der Waals surface area contributed by atoms with E-state index >= 15 is 0 Å². The maximum Gasteiger partial charge on any atom is 0.128 e. The number of halogens is 2. The summed E-state index contributed by atoms with van der Waals surface area (Å²) in [6, 6.07) is 7.17. The molecule has 0 unspecified atom stereocenters. The number of anilines is 2. The summed E-state index contributed by atoms with van der Waals surface area (Å²) in [4.78, 5) is 0. The Morgan fingerprint density at radius 1 is 1.05 bits per heavy atom.